The van der Waals surface area contributed by atoms with E-state index < -0.39 is 23.3 Å². The van der Waals surface area contributed by atoms with E-state index in [2.05, 4.69) is 10.4 Å². The monoisotopic (exact) mass is 279 g/mol. The van der Waals surface area contributed by atoms with Gasteiger partial charge in [-0.1, -0.05) is 6.92 Å². The van der Waals surface area contributed by atoms with Crippen molar-refractivity contribution in [3.63, 3.8) is 0 Å². The second kappa shape index (κ2) is 5.60. The third-order valence-electron chi connectivity index (χ3n) is 2.81. The van der Waals surface area contributed by atoms with Crippen LogP contribution in [0.5, 0.6) is 0 Å². The number of halogens is 3. The molecule has 8 heteroatoms. The third kappa shape index (κ3) is 4.23. The first-order valence-electron chi connectivity index (χ1n) is 5.73. The van der Waals surface area contributed by atoms with E-state index in [1.807, 2.05) is 0 Å². The summed E-state index contributed by atoms with van der Waals surface area (Å²) in [5, 5.41) is 15.0. The Labute approximate surface area is 108 Å². The number of nitrogens with one attached hydrogen (secondary N) is 1. The van der Waals surface area contributed by atoms with Crippen LogP contribution in [0.4, 0.5) is 13.2 Å². The van der Waals surface area contributed by atoms with Crippen molar-refractivity contribution in [2.75, 3.05) is 6.61 Å². The Morgan fingerprint density at radius 1 is 1.53 bits per heavy atom. The molecule has 1 aromatic heterocycles. The highest BCUT2D eigenvalue weighted by atomic mass is 19.4. The Hall–Kier alpha value is -1.57. The van der Waals surface area contributed by atoms with Gasteiger partial charge in [0.1, 0.15) is 6.54 Å². The first kappa shape index (κ1) is 15.5. The number of aliphatic hydroxyl groups excluding tert-OH is 1. The van der Waals surface area contributed by atoms with Gasteiger partial charge in [0.25, 0.3) is 0 Å². The van der Waals surface area contributed by atoms with E-state index >= 15 is 0 Å². The molecule has 1 heterocycles. The molecule has 1 atom stereocenters. The van der Waals surface area contributed by atoms with Crippen molar-refractivity contribution in [3.05, 3.63) is 18.0 Å². The van der Waals surface area contributed by atoms with Crippen LogP contribution in [0, 0.1) is 0 Å². The van der Waals surface area contributed by atoms with E-state index in [1.54, 1.807) is 13.8 Å². The minimum atomic E-state index is -4.52. The van der Waals surface area contributed by atoms with Crippen LogP contribution in [0.2, 0.25) is 0 Å². The Kier molecular flexibility index (Phi) is 4.56. The van der Waals surface area contributed by atoms with E-state index in [9.17, 15) is 18.0 Å². The van der Waals surface area contributed by atoms with Crippen LogP contribution in [0.25, 0.3) is 0 Å². The lowest BCUT2D eigenvalue weighted by Gasteiger charge is -2.27. The molecule has 1 amide bonds. The molecule has 0 fully saturated rings. The van der Waals surface area contributed by atoms with Crippen molar-refractivity contribution in [3.8, 4) is 0 Å². The lowest BCUT2D eigenvalue weighted by molar-refractivity contribution is -0.141. The number of nitrogens with zero attached hydrogens (tertiary/aromatic N) is 2. The van der Waals surface area contributed by atoms with Gasteiger partial charge in [-0.05, 0) is 19.4 Å². The van der Waals surface area contributed by atoms with Gasteiger partial charge >= 0.3 is 6.18 Å². The zero-order chi connectivity index (χ0) is 14.7. The molecule has 0 aliphatic heterocycles. The fourth-order valence-electron chi connectivity index (χ4n) is 1.36. The van der Waals surface area contributed by atoms with Crippen LogP contribution in [0.15, 0.2) is 12.3 Å². The van der Waals surface area contributed by atoms with Crippen molar-refractivity contribution in [1.29, 1.82) is 0 Å². The lowest BCUT2D eigenvalue weighted by Crippen LogP contribution is -2.49. The first-order chi connectivity index (χ1) is 8.70. The van der Waals surface area contributed by atoms with Gasteiger partial charge in [-0.15, -0.1) is 0 Å². The van der Waals surface area contributed by atoms with Crippen LogP contribution in [0.3, 0.4) is 0 Å². The fourth-order valence-corrected chi connectivity index (χ4v) is 1.36. The van der Waals surface area contributed by atoms with Crippen molar-refractivity contribution in [1.82, 2.24) is 15.1 Å². The fraction of sp³-hybridized carbons (Fsp3) is 0.636. The molecule has 19 heavy (non-hydrogen) atoms. The quantitative estimate of drug-likeness (QED) is 0.850. The van der Waals surface area contributed by atoms with E-state index in [0.29, 0.717) is 6.42 Å². The van der Waals surface area contributed by atoms with Crippen LogP contribution in [-0.2, 0) is 17.5 Å². The predicted molar refractivity (Wildman–Crippen MR) is 61.2 cm³/mol. The molecule has 0 aliphatic carbocycles. The van der Waals surface area contributed by atoms with Gasteiger partial charge in [0.05, 0.1) is 12.1 Å². The second-order valence-corrected chi connectivity index (χ2v) is 4.52. The minimum Gasteiger partial charge on any atom is -0.394 e. The molecule has 1 unspecified atom stereocenters. The van der Waals surface area contributed by atoms with Gasteiger partial charge in [0, 0.05) is 6.20 Å². The van der Waals surface area contributed by atoms with Gasteiger partial charge in [-0.2, -0.15) is 18.3 Å². The highest BCUT2D eigenvalue weighted by Gasteiger charge is 2.33. The van der Waals surface area contributed by atoms with E-state index in [4.69, 9.17) is 5.11 Å². The highest BCUT2D eigenvalue weighted by molar-refractivity contribution is 5.76. The number of hydrogen-bond acceptors (Lipinski definition) is 3. The first-order valence-corrected chi connectivity index (χ1v) is 5.73. The summed E-state index contributed by atoms with van der Waals surface area (Å²) in [4.78, 5) is 11.6. The maximum Gasteiger partial charge on any atom is 0.435 e. The Morgan fingerprint density at radius 2 is 2.16 bits per heavy atom. The SMILES string of the molecule is CCC(C)(CO)NC(=O)Cn1ccc(C(F)(F)F)n1. The number of carbonyl (C=O) groups is 1. The molecule has 5 nitrogen and oxygen atoms in total. The molecule has 2 N–H and O–H groups in total. The molecule has 0 radical (unpaired) electrons. The van der Waals surface area contributed by atoms with E-state index in [-0.39, 0.29) is 13.2 Å². The van der Waals surface area contributed by atoms with Crippen molar-refractivity contribution < 1.29 is 23.1 Å². The summed E-state index contributed by atoms with van der Waals surface area (Å²) in [7, 11) is 0. The summed E-state index contributed by atoms with van der Waals surface area (Å²) in [6.07, 6.45) is -2.93. The number of carbonyl (C=O) groups excluding carboxylic acids is 1. The lowest BCUT2D eigenvalue weighted by atomic mass is 10.0. The van der Waals surface area contributed by atoms with E-state index in [0.717, 1.165) is 16.9 Å². The van der Waals surface area contributed by atoms with Gasteiger partial charge in [0.15, 0.2) is 5.69 Å². The van der Waals surface area contributed by atoms with Crippen molar-refractivity contribution in [2.24, 2.45) is 0 Å². The van der Waals surface area contributed by atoms with Crippen LogP contribution in [0.1, 0.15) is 26.0 Å². The zero-order valence-corrected chi connectivity index (χ0v) is 10.7. The Balaban J connectivity index is 2.65. The van der Waals surface area contributed by atoms with Crippen molar-refractivity contribution >= 4 is 5.91 Å². The maximum atomic E-state index is 12.3. The van der Waals surface area contributed by atoms with Gasteiger partial charge in [-0.25, -0.2) is 0 Å². The van der Waals surface area contributed by atoms with Crippen molar-refractivity contribution in [2.45, 2.75) is 38.5 Å². The molecule has 108 valence electrons. The van der Waals surface area contributed by atoms with Crippen LogP contribution < -0.4 is 5.32 Å². The zero-order valence-electron chi connectivity index (χ0n) is 10.7. The molecule has 0 aliphatic rings. The summed E-state index contributed by atoms with van der Waals surface area (Å²) in [6.45, 7) is 2.86. The predicted octanol–water partition coefficient (Wildman–Crippen LogP) is 1.18. The third-order valence-corrected chi connectivity index (χ3v) is 2.81. The number of amides is 1. The average molecular weight is 279 g/mol. The largest absolute Gasteiger partial charge is 0.435 e. The molecule has 1 rings (SSSR count). The number of aromatic nitrogens is 2. The Bertz CT molecular complexity index is 439. The minimum absolute atomic E-state index is 0.248. The van der Waals surface area contributed by atoms with Crippen LogP contribution >= 0.6 is 0 Å². The average Bonchev–Trinajstić information content (AvgIpc) is 2.76. The normalized spacial score (nSPS) is 15.1. The topological polar surface area (TPSA) is 67.2 Å². The number of aliphatic hydroxyl groups is 1. The summed E-state index contributed by atoms with van der Waals surface area (Å²) < 4.78 is 37.8. The molecular formula is C11H16F3N3O2. The van der Waals surface area contributed by atoms with Gasteiger partial charge in [-0.3, -0.25) is 9.48 Å². The molecule has 0 aromatic carbocycles. The summed E-state index contributed by atoms with van der Waals surface area (Å²) in [5.41, 5.74) is -1.82. The highest BCUT2D eigenvalue weighted by Crippen LogP contribution is 2.27. The smallest absolute Gasteiger partial charge is 0.394 e. The number of alkyl halides is 3. The molecule has 1 aromatic rings. The molecule has 0 bridgehead atoms. The molecule has 0 saturated carbocycles. The summed E-state index contributed by atoms with van der Waals surface area (Å²) in [6, 6.07) is 0.804. The van der Waals surface area contributed by atoms with Crippen LogP contribution in [-0.4, -0.2) is 32.9 Å². The number of hydrogen-bond donors (Lipinski definition) is 2. The molecular weight excluding hydrogens is 263 g/mol. The second-order valence-electron chi connectivity index (χ2n) is 4.52. The summed E-state index contributed by atoms with van der Waals surface area (Å²) in [5.74, 6) is -0.504. The maximum absolute atomic E-state index is 12.3. The Morgan fingerprint density at radius 3 is 2.58 bits per heavy atom. The van der Waals surface area contributed by atoms with E-state index in [1.165, 1.54) is 0 Å². The molecule has 0 spiro atoms. The summed E-state index contributed by atoms with van der Waals surface area (Å²) >= 11 is 0. The molecule has 0 saturated heterocycles. The standard InChI is InChI=1S/C11H16F3N3O2/c1-3-10(2,7-18)15-9(19)6-17-5-4-8(16-17)11(12,13)14/h4-5,18H,3,6-7H2,1-2H3,(H,15,19). The van der Waals surface area contributed by atoms with Gasteiger partial charge in [0.2, 0.25) is 5.91 Å². The number of rotatable bonds is 5. The van der Waals surface area contributed by atoms with Gasteiger partial charge < -0.3 is 10.4 Å².